The van der Waals surface area contributed by atoms with Crippen molar-refractivity contribution in [3.8, 4) is 12.3 Å². The quantitative estimate of drug-likeness (QED) is 0.00400. The smallest absolute Gasteiger partial charge is 1.00 e. The van der Waals surface area contributed by atoms with Crippen molar-refractivity contribution < 1.29 is 162 Å². The summed E-state index contributed by atoms with van der Waals surface area (Å²) >= 11 is 1.95. The van der Waals surface area contributed by atoms with Crippen LogP contribution in [0.2, 0.25) is 0 Å². The molecule has 36 nitrogen and oxygen atoms in total. The van der Waals surface area contributed by atoms with Crippen LogP contribution in [0.1, 0.15) is 311 Å². The molecule has 0 aromatic carbocycles. The zero-order chi connectivity index (χ0) is 96.0. The molecular weight excluding hydrogens is 1840 g/mol. The molecule has 0 bridgehead atoms. The summed E-state index contributed by atoms with van der Waals surface area (Å²) in [5, 5.41) is 66.5. The van der Waals surface area contributed by atoms with Gasteiger partial charge in [-0.2, -0.15) is 0 Å². The summed E-state index contributed by atoms with van der Waals surface area (Å²) in [5.74, 6) is -1.71. The molecule has 0 aliphatic carbocycles. The maximum Gasteiger partial charge on any atom is 1.00 e. The molecule has 3 N–H and O–H groups in total. The first-order valence-electron chi connectivity index (χ1n) is 40.5. The van der Waals surface area contributed by atoms with Gasteiger partial charge in [-0.05, 0) is 169 Å². The molecule has 0 amide bonds. The molecule has 6 heterocycles. The number of carbonyl (C=O) groups is 7. The van der Waals surface area contributed by atoms with E-state index in [1.165, 1.54) is 63.1 Å². The molecule has 1 saturated heterocycles. The van der Waals surface area contributed by atoms with Crippen molar-refractivity contribution >= 4 is 64.4 Å². The summed E-state index contributed by atoms with van der Waals surface area (Å²) in [6, 6.07) is 0. The van der Waals surface area contributed by atoms with Gasteiger partial charge in [0.2, 0.25) is 0 Å². The van der Waals surface area contributed by atoms with Gasteiger partial charge in [0.1, 0.15) is 58.3 Å². The van der Waals surface area contributed by atoms with Gasteiger partial charge in [-0.15, -0.1) is 31.9 Å². The second-order valence-corrected chi connectivity index (χ2v) is 31.0. The van der Waals surface area contributed by atoms with Crippen LogP contribution >= 0.6 is 22.6 Å². The Balaban J connectivity index is -0.000000174. The zero-order valence-electron chi connectivity index (χ0n) is 79.5. The first-order chi connectivity index (χ1) is 56.3. The SMILES string of the molecule is C.C#CC(=O)OC(C)(C)C.CC(C)(C)OC(=O)c1cn(C[C@H](F)CI)nn1.CC(C)(C)OC(=O)c1cn(C[C@H](F)CO)nn1.CCOC(C)=O.CC[C@@H](F)Cn1cc(C(=O)OC(C)(C)C)nn1.CC[C@@H](F)Cn1cc(C(=O)OC(C)(C)C)nn1.CC[C@H](O)CN=[N+]=[N-].CC[C@H](O)Cn1cc(C(=O)OC(C)(C)C)nn1.CC[C@H]1CO1.[2H]CC.[2H]CC.[2H]CC.[I-].[Na+]. The number of ether oxygens (including phenoxy) is 8. The molecule has 0 unspecified atom stereocenters. The van der Waals surface area contributed by atoms with Crippen molar-refractivity contribution in [1.82, 2.24) is 75.0 Å². The molecule has 6 rings (SSSR count). The minimum atomic E-state index is -1.43. The summed E-state index contributed by atoms with van der Waals surface area (Å²) < 4.78 is 117. The van der Waals surface area contributed by atoms with Gasteiger partial charge in [-0.25, -0.2) is 69.7 Å². The topological polar surface area (TPSA) is 460 Å². The van der Waals surface area contributed by atoms with E-state index in [0.717, 1.165) is 11.3 Å². The Morgan fingerprint density at radius 3 is 0.951 bits per heavy atom. The molecule has 0 radical (unpaired) electrons. The van der Waals surface area contributed by atoms with E-state index in [4.69, 9.17) is 59.4 Å². The van der Waals surface area contributed by atoms with Crippen LogP contribution in [0.3, 0.4) is 0 Å². The fraction of sp³-hybridized carbons (Fsp3) is 0.759. The van der Waals surface area contributed by atoms with Crippen molar-refractivity contribution in [2.24, 2.45) is 5.11 Å². The van der Waals surface area contributed by atoms with Gasteiger partial charge in [-0.3, -0.25) is 4.79 Å². The molecule has 0 spiro atoms. The number of alkyl halides is 5. The fourth-order valence-corrected chi connectivity index (χ4v) is 6.93. The average Bonchev–Trinajstić information content (AvgIpc) is 1.76. The largest absolute Gasteiger partial charge is 1.00 e. The number of esters is 7. The van der Waals surface area contributed by atoms with Crippen LogP contribution in [0.15, 0.2) is 36.1 Å². The van der Waals surface area contributed by atoms with E-state index < -0.39 is 113 Å². The van der Waals surface area contributed by atoms with Crippen LogP contribution in [0, 0.1) is 12.3 Å². The predicted molar refractivity (Wildman–Crippen MR) is 456 cm³/mol. The van der Waals surface area contributed by atoms with Gasteiger partial charge in [0.15, 0.2) is 28.5 Å². The van der Waals surface area contributed by atoms with Crippen LogP contribution in [0.25, 0.3) is 10.4 Å². The second kappa shape index (κ2) is 72.1. The number of azide groups is 1. The third-order valence-corrected chi connectivity index (χ3v) is 12.9. The van der Waals surface area contributed by atoms with Gasteiger partial charge in [0.25, 0.3) is 0 Å². The predicted octanol–water partition coefficient (Wildman–Crippen LogP) is 8.65. The third kappa shape index (κ3) is 78.8. The van der Waals surface area contributed by atoms with Crippen molar-refractivity contribution in [3.05, 3.63) is 69.9 Å². The van der Waals surface area contributed by atoms with E-state index in [2.05, 4.69) is 73.2 Å². The molecule has 700 valence electrons. The van der Waals surface area contributed by atoms with E-state index in [9.17, 15) is 56.2 Å². The molecule has 5 aromatic heterocycles. The van der Waals surface area contributed by atoms with E-state index in [1.807, 2.05) is 42.4 Å². The number of hydrogen-bond acceptors (Lipinski definition) is 29. The third-order valence-electron chi connectivity index (χ3n) is 11.9. The number of aromatic nitrogens is 15. The van der Waals surface area contributed by atoms with Gasteiger partial charge in [0.05, 0.1) is 108 Å². The molecule has 5 aromatic rings. The second-order valence-electron chi connectivity index (χ2n) is 30.2. The van der Waals surface area contributed by atoms with E-state index in [0.29, 0.717) is 70.1 Å². The Labute approximate surface area is 777 Å². The number of hydrogen-bond donors (Lipinski definition) is 3. The molecular formula is C79H143F4I2N18NaO18. The normalized spacial score (nSPS) is 13.2. The van der Waals surface area contributed by atoms with Crippen molar-refractivity contribution in [2.75, 3.05) is 30.8 Å². The summed E-state index contributed by atoms with van der Waals surface area (Å²) in [7, 11) is 0. The number of halogens is 6. The molecule has 0 saturated carbocycles. The van der Waals surface area contributed by atoms with Gasteiger partial charge >= 0.3 is 71.3 Å². The standard InChI is InChI=1S/2C11H18FN3O2.C11H19N3O3.C10H15FIN3O2.C10H16FN3O3.C7H10O2.C4H9N3O.C4H8O2.C4H8O.3C2H6.CH4.HI.Na/c2*1-5-8(12)6-15-7-9(13-14-15)10(16)17-11(2,3)4;1-5-8(15)6-14-7-9(12-13-14)10(16)17-11(2,3)4;1-10(2,3)17-9(16)8-6-15(14-13-8)5-7(11)4-12;1-10(2,3)17-9(16)8-5-14(13-12-8)4-7(11)6-15;1-5-6(8)9-7(2,3)4;1-2-4(8)3-6-7-5;1-3-6-4(2)5;1-2-4-3-5-4;3*1-2;;;/h2*7-8H,5-6H2,1-4H3;7-8,15H,5-6H2,1-4H3;6-7H,4-5H2,1-3H3;5,7,15H,4,6H2,1-3H3;1H,2-4H3;4,8H,2-3H2,1H3;3H2,1-2H3;4H,2-3H2,1H3;3*1-2H3;1H4;1H;/q;;;;;;;;;;;;;;+1/p-1/t3*8-;2*7-;;4-;;4-;;;;;;/m11010.0.0....../s1/i;;;;;;;;;3*1D;;;. The van der Waals surface area contributed by atoms with Gasteiger partial charge in [0, 0.05) is 26.3 Å². The minimum Gasteiger partial charge on any atom is -1.00 e. The summed E-state index contributed by atoms with van der Waals surface area (Å²) in [6.45, 7) is 52.7. The Morgan fingerprint density at radius 2 is 0.787 bits per heavy atom. The molecule has 1 aliphatic heterocycles. The van der Waals surface area contributed by atoms with Crippen molar-refractivity contribution in [1.29, 1.82) is 0 Å². The van der Waals surface area contributed by atoms with Crippen LogP contribution in [0.5, 0.6) is 0 Å². The summed E-state index contributed by atoms with van der Waals surface area (Å²) in [5.41, 5.74) is 4.86. The van der Waals surface area contributed by atoms with Gasteiger partial charge < -0.3 is 77.2 Å². The molecule has 1 fully saturated rings. The summed E-state index contributed by atoms with van der Waals surface area (Å²) in [6.07, 6.45) is 10.3. The number of aliphatic hydroxyl groups excluding tert-OH is 3. The number of rotatable bonds is 25. The van der Waals surface area contributed by atoms with Crippen molar-refractivity contribution in [3.63, 3.8) is 0 Å². The molecule has 1 aliphatic rings. The van der Waals surface area contributed by atoms with E-state index in [1.54, 1.807) is 166 Å². The minimum absolute atomic E-state index is 0. The Kier molecular flexibility index (Phi) is 74.3. The van der Waals surface area contributed by atoms with E-state index in [-0.39, 0.29) is 128 Å². The number of carbonyl (C=O) groups excluding carboxylic acids is 7. The number of terminal acetylenes is 1. The van der Waals surface area contributed by atoms with Gasteiger partial charge in [-0.1, -0.05) is 137 Å². The number of nitrogens with zero attached hydrogens (tertiary/aromatic N) is 18. The Hall–Kier alpha value is -7.12. The average molecular weight is 1990 g/mol. The monoisotopic (exact) mass is 1990 g/mol. The fourth-order valence-electron chi connectivity index (χ4n) is 6.65. The van der Waals surface area contributed by atoms with E-state index >= 15 is 0 Å². The Bertz CT molecular complexity index is 3290. The molecule has 7 atom stereocenters. The van der Waals surface area contributed by atoms with Crippen molar-refractivity contribution in [2.45, 2.75) is 363 Å². The zero-order valence-corrected chi connectivity index (χ0v) is 82.8. The Morgan fingerprint density at radius 1 is 0.533 bits per heavy atom. The molecule has 43 heteroatoms. The maximum atomic E-state index is 13.1. The number of aliphatic hydroxyl groups is 3. The maximum absolute atomic E-state index is 13.1. The van der Waals surface area contributed by atoms with Crippen LogP contribution in [-0.2, 0) is 80.2 Å². The first-order valence-corrected chi connectivity index (χ1v) is 39.9. The molecule has 122 heavy (non-hydrogen) atoms. The van der Waals surface area contributed by atoms with Crippen LogP contribution in [-0.4, -0.2) is 239 Å². The van der Waals surface area contributed by atoms with Crippen LogP contribution < -0.4 is 53.5 Å². The number of epoxide rings is 1. The first kappa shape index (κ1) is 126. The summed E-state index contributed by atoms with van der Waals surface area (Å²) in [4.78, 5) is 80.6. The van der Waals surface area contributed by atoms with Crippen LogP contribution in [0.4, 0.5) is 17.6 Å².